The summed E-state index contributed by atoms with van der Waals surface area (Å²) >= 11 is 0. The molecule has 12 heteroatoms. The molecule has 0 aliphatic rings. The fourth-order valence-electron chi connectivity index (χ4n) is 5.09. The monoisotopic (exact) mass is 668 g/mol. The highest BCUT2D eigenvalue weighted by Crippen LogP contribution is 2.38. The van der Waals surface area contributed by atoms with E-state index in [1.807, 2.05) is 11.1 Å². The fraction of sp³-hybridized carbons (Fsp3) is 0.441. The van der Waals surface area contributed by atoms with Crippen LogP contribution >= 0.6 is 7.69 Å². The molecule has 3 aromatic rings. The molecule has 0 radical (unpaired) electrons. The number of hydrogen-bond donors (Lipinski definition) is 1. The van der Waals surface area contributed by atoms with Crippen molar-refractivity contribution in [2.24, 2.45) is 5.92 Å². The van der Waals surface area contributed by atoms with Gasteiger partial charge in [-0.1, -0.05) is 38.5 Å². The van der Waals surface area contributed by atoms with Crippen LogP contribution in [0.15, 0.2) is 66.5 Å². The molecule has 46 heavy (non-hydrogen) atoms. The molecule has 1 heterocycles. The molecule has 0 saturated carbocycles. The lowest BCUT2D eigenvalue weighted by atomic mass is 9.97. The van der Waals surface area contributed by atoms with Crippen LogP contribution in [0.25, 0.3) is 10.9 Å². The van der Waals surface area contributed by atoms with Crippen molar-refractivity contribution in [2.45, 2.75) is 83.9 Å². The summed E-state index contributed by atoms with van der Waals surface area (Å²) in [7, 11) is -0.875. The van der Waals surface area contributed by atoms with Crippen molar-refractivity contribution in [3.05, 3.63) is 83.2 Å². The molecule has 1 aromatic heterocycles. The van der Waals surface area contributed by atoms with Gasteiger partial charge < -0.3 is 10.1 Å². The average molecular weight is 669 g/mol. The summed E-state index contributed by atoms with van der Waals surface area (Å²) in [6.45, 7) is 7.05. The van der Waals surface area contributed by atoms with E-state index in [-0.39, 0.29) is 17.8 Å². The van der Waals surface area contributed by atoms with Gasteiger partial charge >= 0.3 is 12.4 Å². The maximum atomic E-state index is 12.9. The van der Waals surface area contributed by atoms with Crippen molar-refractivity contribution in [3.63, 3.8) is 0 Å². The van der Waals surface area contributed by atoms with Gasteiger partial charge in [0.05, 0.1) is 5.52 Å². The van der Waals surface area contributed by atoms with Crippen molar-refractivity contribution in [1.29, 1.82) is 0 Å². The molecule has 0 aliphatic heterocycles. The van der Waals surface area contributed by atoms with E-state index in [0.29, 0.717) is 35.6 Å². The number of halogens is 6. The maximum Gasteiger partial charge on any atom is 0.412 e. The summed E-state index contributed by atoms with van der Waals surface area (Å²) in [5, 5.41) is 2.71. The zero-order valence-corrected chi connectivity index (χ0v) is 27.0. The Balaban J connectivity index is 1.56. The largest absolute Gasteiger partial charge is 0.486 e. The minimum atomic E-state index is -4.49. The van der Waals surface area contributed by atoms with Crippen LogP contribution in [-0.2, 0) is 6.16 Å². The molecule has 0 fully saturated rings. The Morgan fingerprint density at radius 1 is 1.07 bits per heavy atom. The summed E-state index contributed by atoms with van der Waals surface area (Å²) < 4.78 is 86.5. The van der Waals surface area contributed by atoms with Gasteiger partial charge in [-0.3, -0.25) is 9.59 Å². The van der Waals surface area contributed by atoms with E-state index in [1.54, 1.807) is 37.3 Å². The van der Waals surface area contributed by atoms with Gasteiger partial charge in [0.2, 0.25) is 0 Å². The molecular formula is C34H39F6N2O3P. The molecular weight excluding hydrogens is 629 g/mol. The Morgan fingerprint density at radius 3 is 2.37 bits per heavy atom. The molecule has 1 N–H and O–H groups in total. The Labute approximate surface area is 266 Å². The third-order valence-electron chi connectivity index (χ3n) is 7.69. The summed E-state index contributed by atoms with van der Waals surface area (Å²) in [6.07, 6.45) is -2.41. The Hall–Kier alpha value is -3.59. The second kappa shape index (κ2) is 16.3. The number of hydrogen-bond acceptors (Lipinski definition) is 4. The number of amides is 1. The van der Waals surface area contributed by atoms with E-state index in [0.717, 1.165) is 49.3 Å². The number of Topliss-reactive ketones (excluding diaryl/α,β-unsaturated/α-hetero) is 1. The number of allylic oxidation sites excluding steroid dienone is 1. The number of fused-ring (bicyclic) bond motifs is 1. The minimum absolute atomic E-state index is 0.0108. The van der Waals surface area contributed by atoms with Crippen LogP contribution < -0.4 is 10.1 Å². The van der Waals surface area contributed by atoms with Crippen molar-refractivity contribution in [2.75, 3.05) is 6.54 Å². The van der Waals surface area contributed by atoms with Gasteiger partial charge in [-0.2, -0.15) is 26.3 Å². The van der Waals surface area contributed by atoms with Crippen molar-refractivity contribution in [1.82, 2.24) is 10.1 Å². The van der Waals surface area contributed by atoms with Gasteiger partial charge in [-0.05, 0) is 88.1 Å². The van der Waals surface area contributed by atoms with E-state index < -0.39 is 44.2 Å². The van der Waals surface area contributed by atoms with Crippen LogP contribution in [0.2, 0.25) is 0 Å². The van der Waals surface area contributed by atoms with Crippen LogP contribution in [0.1, 0.15) is 78.7 Å². The van der Waals surface area contributed by atoms with Gasteiger partial charge in [0.25, 0.3) is 5.91 Å². The summed E-state index contributed by atoms with van der Waals surface area (Å²) in [5.41, 5.74) is 1.36. The highest BCUT2D eigenvalue weighted by molar-refractivity contribution is 7.44. The number of rotatable bonds is 16. The standard InChI is InChI=1S/C34H39F6N2O3P/c1-5-8-24(19-46-20-29-23(4)28(17-18-30(29)42-46)32(44)41-21-33(35,36)37)9-7-10-31(43)25-12-15-27(16-13-25)45-26(6-2)14-11-22(3)34(38,39)40/h6,11-13,15-18,20,24,26H,2,5,7-10,14,19,21H2,1,3-4H3,(H,41,44)/b22-11+. The molecule has 0 saturated heterocycles. The second-order valence-corrected chi connectivity index (χ2v) is 13.0. The normalized spacial score (nSPS) is 14.2. The number of carbonyl (C=O) groups is 2. The highest BCUT2D eigenvalue weighted by Gasteiger charge is 2.30. The SMILES string of the molecule is C=CC(C/C=C(\C)C(F)(F)F)Oc1ccc(C(=O)CCCC(CCC)Cp2cc3c(C)c(C(=O)NCC(F)(F)F)ccc3n2)cc1. The third kappa shape index (κ3) is 11.0. The average Bonchev–Trinajstić information content (AvgIpc) is 3.41. The first-order valence-electron chi connectivity index (χ1n) is 15.1. The van der Waals surface area contributed by atoms with E-state index in [2.05, 4.69) is 13.5 Å². The third-order valence-corrected chi connectivity index (χ3v) is 9.61. The number of nitrogens with one attached hydrogen (secondary N) is 1. The number of alkyl halides is 6. The molecule has 0 bridgehead atoms. The zero-order chi connectivity index (χ0) is 34.1. The summed E-state index contributed by atoms with van der Waals surface area (Å²) in [5.74, 6) is 1.99. The van der Waals surface area contributed by atoms with Gasteiger partial charge in [-0.15, -0.1) is 0 Å². The van der Waals surface area contributed by atoms with Crippen molar-refractivity contribution >= 4 is 30.3 Å². The first-order chi connectivity index (χ1) is 21.6. The number of aromatic nitrogens is 1. The molecule has 0 aliphatic carbocycles. The molecule has 5 nitrogen and oxygen atoms in total. The lowest BCUT2D eigenvalue weighted by Crippen LogP contribution is -2.34. The van der Waals surface area contributed by atoms with Crippen LogP contribution in [0.3, 0.4) is 0 Å². The van der Waals surface area contributed by atoms with E-state index in [1.165, 1.54) is 12.1 Å². The van der Waals surface area contributed by atoms with Crippen molar-refractivity contribution in [3.8, 4) is 5.75 Å². The number of ether oxygens (including phenoxy) is 1. The lowest BCUT2D eigenvalue weighted by molar-refractivity contribution is -0.123. The topological polar surface area (TPSA) is 68.3 Å². The minimum Gasteiger partial charge on any atom is -0.486 e. The summed E-state index contributed by atoms with van der Waals surface area (Å²) in [4.78, 5) is 25.2. The lowest BCUT2D eigenvalue weighted by Gasteiger charge is -2.16. The Bertz CT molecular complexity index is 1530. The highest BCUT2D eigenvalue weighted by atomic mass is 31.1. The number of ketones is 1. The number of aryl methyl sites for hydroxylation is 1. The molecule has 2 aromatic carbocycles. The Kier molecular flexibility index (Phi) is 13.1. The Morgan fingerprint density at radius 2 is 1.76 bits per heavy atom. The first kappa shape index (κ1) is 36.9. The van der Waals surface area contributed by atoms with Crippen LogP contribution in [-0.4, -0.2) is 41.4 Å². The molecule has 3 atom stereocenters. The zero-order valence-electron chi connectivity index (χ0n) is 26.1. The number of nitrogens with zero attached hydrogens (tertiary/aromatic N) is 1. The predicted molar refractivity (Wildman–Crippen MR) is 170 cm³/mol. The van der Waals surface area contributed by atoms with Crippen molar-refractivity contribution < 1.29 is 40.7 Å². The fourth-order valence-corrected chi connectivity index (χ4v) is 7.30. The predicted octanol–water partition coefficient (Wildman–Crippen LogP) is 10.1. The van der Waals surface area contributed by atoms with E-state index in [9.17, 15) is 35.9 Å². The quantitative estimate of drug-likeness (QED) is 0.0937. The van der Waals surface area contributed by atoms with Gasteiger partial charge in [0, 0.05) is 41.1 Å². The molecule has 3 rings (SSSR count). The summed E-state index contributed by atoms with van der Waals surface area (Å²) in [6, 6.07) is 9.72. The van der Waals surface area contributed by atoms with Gasteiger partial charge in [0.15, 0.2) is 5.78 Å². The van der Waals surface area contributed by atoms with Crippen LogP contribution in [0.4, 0.5) is 26.3 Å². The second-order valence-electron chi connectivity index (χ2n) is 11.3. The first-order valence-corrected chi connectivity index (χ1v) is 16.6. The molecule has 1 amide bonds. The van der Waals surface area contributed by atoms with Gasteiger partial charge in [-0.25, -0.2) is 4.75 Å². The maximum absolute atomic E-state index is 12.9. The van der Waals surface area contributed by atoms with E-state index >= 15 is 0 Å². The van der Waals surface area contributed by atoms with Gasteiger partial charge in [0.1, 0.15) is 18.4 Å². The van der Waals surface area contributed by atoms with E-state index in [4.69, 9.17) is 9.48 Å². The molecule has 0 spiro atoms. The number of benzene rings is 2. The smallest absolute Gasteiger partial charge is 0.412 e. The molecule has 250 valence electrons. The molecule has 3 unspecified atom stereocenters. The number of carbonyl (C=O) groups excluding carboxylic acids is 2. The van der Waals surface area contributed by atoms with Crippen LogP contribution in [0, 0.1) is 12.8 Å². The van der Waals surface area contributed by atoms with Crippen LogP contribution in [0.5, 0.6) is 5.75 Å².